The number of nitrogens with zero attached hydrogens (tertiary/aromatic N) is 1. The van der Waals surface area contributed by atoms with Crippen LogP contribution in [0.5, 0.6) is 0 Å². The number of aromatic nitrogens is 1. The van der Waals surface area contributed by atoms with Crippen molar-refractivity contribution in [2.24, 2.45) is 0 Å². The molecular formula is C13H15FN2O3S. The lowest BCUT2D eigenvalue weighted by Crippen LogP contribution is -2.26. The van der Waals surface area contributed by atoms with Crippen molar-refractivity contribution in [1.82, 2.24) is 9.88 Å². The summed E-state index contributed by atoms with van der Waals surface area (Å²) in [4.78, 5) is 0.0802. The summed E-state index contributed by atoms with van der Waals surface area (Å²) in [5.74, 6) is -0.0539. The van der Waals surface area contributed by atoms with Crippen LogP contribution in [0.4, 0.5) is 4.39 Å². The van der Waals surface area contributed by atoms with Crippen molar-refractivity contribution >= 4 is 10.0 Å². The number of benzene rings is 1. The molecule has 1 aromatic heterocycles. The molecule has 0 amide bonds. The van der Waals surface area contributed by atoms with Gasteiger partial charge in [0.25, 0.3) is 0 Å². The van der Waals surface area contributed by atoms with Crippen LogP contribution in [0, 0.1) is 19.7 Å². The zero-order valence-corrected chi connectivity index (χ0v) is 12.0. The minimum Gasteiger partial charge on any atom is -0.360 e. The third kappa shape index (κ3) is 3.23. The highest BCUT2D eigenvalue weighted by Crippen LogP contribution is 2.18. The molecule has 1 N–H and O–H groups in total. The van der Waals surface area contributed by atoms with E-state index in [-0.39, 0.29) is 23.0 Å². The molecule has 0 saturated heterocycles. The standard InChI is InChI=1S/C13H15FN2O3S/c1-9-13(10(2)19-16-9)20(17,18)15-8-7-11-3-5-12(14)6-4-11/h3-6,15H,7-8H2,1-2H3. The van der Waals surface area contributed by atoms with Gasteiger partial charge < -0.3 is 4.52 Å². The van der Waals surface area contributed by atoms with Crippen molar-refractivity contribution in [1.29, 1.82) is 0 Å². The van der Waals surface area contributed by atoms with E-state index < -0.39 is 10.0 Å². The molecule has 7 heteroatoms. The van der Waals surface area contributed by atoms with Crippen LogP contribution in [0.15, 0.2) is 33.7 Å². The number of nitrogens with one attached hydrogen (secondary N) is 1. The second-order valence-electron chi connectivity index (χ2n) is 4.43. The van der Waals surface area contributed by atoms with Crippen molar-refractivity contribution < 1.29 is 17.3 Å². The first-order valence-corrected chi connectivity index (χ1v) is 7.55. The predicted octanol–water partition coefficient (Wildman–Crippen LogP) is 1.95. The summed E-state index contributed by atoms with van der Waals surface area (Å²) in [5, 5.41) is 3.62. The Labute approximate surface area is 116 Å². The average molecular weight is 298 g/mol. The quantitative estimate of drug-likeness (QED) is 0.915. The molecule has 0 fully saturated rings. The minimum atomic E-state index is -3.64. The summed E-state index contributed by atoms with van der Waals surface area (Å²) in [6, 6.07) is 5.94. The average Bonchev–Trinajstić information content (AvgIpc) is 2.72. The molecule has 0 radical (unpaired) electrons. The molecule has 0 saturated carbocycles. The lowest BCUT2D eigenvalue weighted by atomic mass is 10.1. The summed E-state index contributed by atoms with van der Waals surface area (Å²) in [5.41, 5.74) is 1.18. The Balaban J connectivity index is 2.02. The van der Waals surface area contributed by atoms with Crippen LogP contribution in [-0.4, -0.2) is 20.1 Å². The van der Waals surface area contributed by atoms with Gasteiger partial charge in [0.2, 0.25) is 10.0 Å². The smallest absolute Gasteiger partial charge is 0.245 e. The van der Waals surface area contributed by atoms with E-state index in [1.165, 1.54) is 12.1 Å². The predicted molar refractivity (Wildman–Crippen MR) is 71.3 cm³/mol. The Bertz CT molecular complexity index is 673. The number of rotatable bonds is 5. The van der Waals surface area contributed by atoms with Gasteiger partial charge in [-0.1, -0.05) is 17.3 Å². The van der Waals surface area contributed by atoms with E-state index in [0.717, 1.165) is 5.56 Å². The first kappa shape index (κ1) is 14.7. The van der Waals surface area contributed by atoms with Crippen LogP contribution >= 0.6 is 0 Å². The topological polar surface area (TPSA) is 72.2 Å². The van der Waals surface area contributed by atoms with E-state index in [2.05, 4.69) is 9.88 Å². The van der Waals surface area contributed by atoms with Gasteiger partial charge in [-0.15, -0.1) is 0 Å². The number of hydrogen-bond donors (Lipinski definition) is 1. The Hall–Kier alpha value is -1.73. The summed E-state index contributed by atoms with van der Waals surface area (Å²) in [6.45, 7) is 3.34. The minimum absolute atomic E-state index is 0.0802. The van der Waals surface area contributed by atoms with E-state index in [1.807, 2.05) is 0 Å². The highest BCUT2D eigenvalue weighted by Gasteiger charge is 2.23. The van der Waals surface area contributed by atoms with E-state index in [1.54, 1.807) is 26.0 Å². The monoisotopic (exact) mass is 298 g/mol. The maximum Gasteiger partial charge on any atom is 0.245 e. The normalized spacial score (nSPS) is 11.8. The van der Waals surface area contributed by atoms with Crippen LogP contribution in [-0.2, 0) is 16.4 Å². The Morgan fingerprint density at radius 2 is 1.90 bits per heavy atom. The molecule has 0 unspecified atom stereocenters. The molecule has 108 valence electrons. The van der Waals surface area contributed by atoms with Crippen LogP contribution in [0.25, 0.3) is 0 Å². The van der Waals surface area contributed by atoms with E-state index >= 15 is 0 Å². The third-order valence-electron chi connectivity index (χ3n) is 2.86. The maximum absolute atomic E-state index is 12.7. The fourth-order valence-electron chi connectivity index (χ4n) is 1.91. The molecule has 0 aliphatic rings. The van der Waals surface area contributed by atoms with Gasteiger partial charge >= 0.3 is 0 Å². The third-order valence-corrected chi connectivity index (χ3v) is 4.56. The van der Waals surface area contributed by atoms with Crippen LogP contribution in [0.2, 0.25) is 0 Å². The molecule has 0 spiro atoms. The van der Waals surface area contributed by atoms with Gasteiger partial charge in [0.15, 0.2) is 5.76 Å². The largest absolute Gasteiger partial charge is 0.360 e. The molecule has 1 heterocycles. The van der Waals surface area contributed by atoms with Crippen molar-refractivity contribution in [3.63, 3.8) is 0 Å². The number of aryl methyl sites for hydroxylation is 2. The summed E-state index contributed by atoms with van der Waals surface area (Å²) >= 11 is 0. The van der Waals surface area contributed by atoms with E-state index in [9.17, 15) is 12.8 Å². The van der Waals surface area contributed by atoms with Gasteiger partial charge in [0, 0.05) is 6.54 Å². The Morgan fingerprint density at radius 3 is 2.45 bits per heavy atom. The lowest BCUT2D eigenvalue weighted by molar-refractivity contribution is 0.390. The lowest BCUT2D eigenvalue weighted by Gasteiger charge is -2.06. The molecule has 0 aliphatic heterocycles. The molecule has 1 aromatic carbocycles. The fourth-order valence-corrected chi connectivity index (χ4v) is 3.27. The highest BCUT2D eigenvalue weighted by molar-refractivity contribution is 7.89. The molecule has 2 aromatic rings. The second kappa shape index (κ2) is 5.72. The van der Waals surface area contributed by atoms with Gasteiger partial charge in [-0.3, -0.25) is 0 Å². The zero-order valence-electron chi connectivity index (χ0n) is 11.2. The number of sulfonamides is 1. The molecule has 0 aliphatic carbocycles. The van der Waals surface area contributed by atoms with Crippen molar-refractivity contribution in [3.8, 4) is 0 Å². The van der Waals surface area contributed by atoms with E-state index in [0.29, 0.717) is 12.1 Å². The SMILES string of the molecule is Cc1noc(C)c1S(=O)(=O)NCCc1ccc(F)cc1. The Morgan fingerprint density at radius 1 is 1.25 bits per heavy atom. The Kier molecular flexibility index (Phi) is 4.20. The summed E-state index contributed by atoms with van der Waals surface area (Å²) < 4.78 is 44.3. The number of halogens is 1. The molecule has 0 atom stereocenters. The number of hydrogen-bond acceptors (Lipinski definition) is 4. The van der Waals surface area contributed by atoms with Crippen LogP contribution < -0.4 is 4.72 Å². The van der Waals surface area contributed by atoms with Gasteiger partial charge in [-0.2, -0.15) is 0 Å². The highest BCUT2D eigenvalue weighted by atomic mass is 32.2. The van der Waals surface area contributed by atoms with Gasteiger partial charge in [-0.05, 0) is 38.0 Å². The van der Waals surface area contributed by atoms with Crippen molar-refractivity contribution in [2.75, 3.05) is 6.54 Å². The van der Waals surface area contributed by atoms with Crippen LogP contribution in [0.3, 0.4) is 0 Å². The van der Waals surface area contributed by atoms with Crippen molar-refractivity contribution in [2.45, 2.75) is 25.2 Å². The first-order chi connectivity index (χ1) is 9.40. The van der Waals surface area contributed by atoms with Gasteiger partial charge in [-0.25, -0.2) is 17.5 Å². The van der Waals surface area contributed by atoms with Crippen LogP contribution in [0.1, 0.15) is 17.0 Å². The van der Waals surface area contributed by atoms with Crippen molar-refractivity contribution in [3.05, 3.63) is 47.1 Å². The second-order valence-corrected chi connectivity index (χ2v) is 6.13. The first-order valence-electron chi connectivity index (χ1n) is 6.07. The molecular weight excluding hydrogens is 283 g/mol. The van der Waals surface area contributed by atoms with Gasteiger partial charge in [0.1, 0.15) is 16.4 Å². The zero-order chi connectivity index (χ0) is 14.8. The van der Waals surface area contributed by atoms with Gasteiger partial charge in [0.05, 0.1) is 0 Å². The maximum atomic E-state index is 12.7. The molecule has 2 rings (SSSR count). The molecule has 20 heavy (non-hydrogen) atoms. The fraction of sp³-hybridized carbons (Fsp3) is 0.308. The van der Waals surface area contributed by atoms with E-state index in [4.69, 9.17) is 4.52 Å². The molecule has 5 nitrogen and oxygen atoms in total. The molecule has 0 bridgehead atoms. The summed E-state index contributed by atoms with van der Waals surface area (Å²) in [7, 11) is -3.64. The summed E-state index contributed by atoms with van der Waals surface area (Å²) in [6.07, 6.45) is 0.475.